The lowest BCUT2D eigenvalue weighted by molar-refractivity contribution is 0.0531. The molecule has 1 aromatic heterocycles. The van der Waals surface area contributed by atoms with Gasteiger partial charge in [-0.05, 0) is 37.2 Å². The fourth-order valence-corrected chi connectivity index (χ4v) is 2.63. The van der Waals surface area contributed by atoms with E-state index >= 15 is 0 Å². The molecule has 0 aliphatic carbocycles. The van der Waals surface area contributed by atoms with Crippen molar-refractivity contribution in [2.45, 2.75) is 19.1 Å². The lowest BCUT2D eigenvalue weighted by atomic mass is 10.2. The van der Waals surface area contributed by atoms with E-state index in [0.717, 1.165) is 42.3 Å². The minimum absolute atomic E-state index is 0.266. The molecule has 0 amide bonds. The molecule has 1 aliphatic heterocycles. The van der Waals surface area contributed by atoms with E-state index in [4.69, 9.17) is 9.47 Å². The summed E-state index contributed by atoms with van der Waals surface area (Å²) >= 11 is 0. The summed E-state index contributed by atoms with van der Waals surface area (Å²) in [6.45, 7) is 2.44. The number of hydrogen-bond donors (Lipinski definition) is 3. The van der Waals surface area contributed by atoms with Gasteiger partial charge in [0.05, 0.1) is 19.8 Å². The second-order valence-corrected chi connectivity index (χ2v) is 5.59. The van der Waals surface area contributed by atoms with Gasteiger partial charge in [0.1, 0.15) is 11.6 Å². The Morgan fingerprint density at radius 1 is 1.33 bits per heavy atom. The number of methoxy groups -OCH3 is 1. The number of nitrogens with one attached hydrogen (secondary N) is 3. The van der Waals surface area contributed by atoms with Crippen molar-refractivity contribution >= 4 is 17.5 Å². The first-order valence-corrected chi connectivity index (χ1v) is 8.05. The quantitative estimate of drug-likeness (QED) is 0.718. The number of anilines is 3. The highest BCUT2D eigenvalue weighted by Crippen LogP contribution is 2.25. The van der Waals surface area contributed by atoms with Crippen LogP contribution in [0.4, 0.5) is 17.5 Å². The van der Waals surface area contributed by atoms with Gasteiger partial charge in [-0.25, -0.2) is 4.98 Å². The molecule has 24 heavy (non-hydrogen) atoms. The molecule has 1 saturated heterocycles. The van der Waals surface area contributed by atoms with E-state index in [-0.39, 0.29) is 6.10 Å². The number of ether oxygens (including phenoxy) is 2. The molecule has 2 aromatic rings. The predicted molar refractivity (Wildman–Crippen MR) is 93.9 cm³/mol. The zero-order valence-electron chi connectivity index (χ0n) is 14.0. The van der Waals surface area contributed by atoms with E-state index < -0.39 is 0 Å². The molecule has 3 rings (SSSR count). The maximum absolute atomic E-state index is 5.96. The molecular weight excluding hydrogens is 306 g/mol. The Kier molecular flexibility index (Phi) is 5.45. The van der Waals surface area contributed by atoms with Gasteiger partial charge in [0, 0.05) is 31.0 Å². The molecule has 7 nitrogen and oxygen atoms in total. The third-order valence-corrected chi connectivity index (χ3v) is 3.94. The van der Waals surface area contributed by atoms with Crippen LogP contribution in [-0.2, 0) is 11.3 Å². The summed E-state index contributed by atoms with van der Waals surface area (Å²) in [5, 5.41) is 9.51. The number of benzene rings is 1. The Bertz CT molecular complexity index is 674. The van der Waals surface area contributed by atoms with Gasteiger partial charge in [0.2, 0.25) is 5.95 Å². The molecule has 0 saturated carbocycles. The second kappa shape index (κ2) is 7.94. The molecule has 7 heteroatoms. The summed E-state index contributed by atoms with van der Waals surface area (Å²) < 4.78 is 11.4. The van der Waals surface area contributed by atoms with Crippen LogP contribution >= 0.6 is 0 Å². The SMILES string of the molecule is CNc1ccnc(Nc2ccc(OC)c(COC3CCNC3)c2)n1. The van der Waals surface area contributed by atoms with Gasteiger partial charge in [-0.1, -0.05) is 0 Å². The number of aromatic nitrogens is 2. The van der Waals surface area contributed by atoms with E-state index in [0.29, 0.717) is 12.6 Å². The standard InChI is InChI=1S/C17H23N5O2/c1-18-16-6-8-20-17(22-16)21-13-3-4-15(23-2)12(9-13)11-24-14-5-7-19-10-14/h3-4,6,8-9,14,19H,5,7,10-11H2,1-2H3,(H2,18,20,21,22). The van der Waals surface area contributed by atoms with Crippen molar-refractivity contribution in [1.82, 2.24) is 15.3 Å². The Hall–Kier alpha value is -2.38. The van der Waals surface area contributed by atoms with Gasteiger partial charge in [-0.15, -0.1) is 0 Å². The average Bonchev–Trinajstić information content (AvgIpc) is 3.14. The molecule has 1 atom stereocenters. The minimum Gasteiger partial charge on any atom is -0.496 e. The molecule has 3 N–H and O–H groups in total. The first-order valence-electron chi connectivity index (χ1n) is 8.05. The largest absolute Gasteiger partial charge is 0.496 e. The van der Waals surface area contributed by atoms with E-state index in [1.165, 1.54) is 0 Å². The van der Waals surface area contributed by atoms with Crippen molar-refractivity contribution in [1.29, 1.82) is 0 Å². The van der Waals surface area contributed by atoms with Crippen LogP contribution in [0.5, 0.6) is 5.75 Å². The predicted octanol–water partition coefficient (Wildman–Crippen LogP) is 2.15. The van der Waals surface area contributed by atoms with E-state index in [1.54, 1.807) is 13.3 Å². The summed E-state index contributed by atoms with van der Waals surface area (Å²) in [6, 6.07) is 7.69. The van der Waals surface area contributed by atoms with Crippen LogP contribution in [0, 0.1) is 0 Å². The Morgan fingerprint density at radius 3 is 3.00 bits per heavy atom. The third kappa shape index (κ3) is 4.12. The molecular formula is C17H23N5O2. The minimum atomic E-state index is 0.266. The molecule has 1 fully saturated rings. The zero-order chi connectivity index (χ0) is 16.8. The van der Waals surface area contributed by atoms with Crippen LogP contribution in [0.3, 0.4) is 0 Å². The van der Waals surface area contributed by atoms with Crippen LogP contribution in [0.25, 0.3) is 0 Å². The molecule has 1 unspecified atom stereocenters. The summed E-state index contributed by atoms with van der Waals surface area (Å²) in [5.74, 6) is 2.12. The van der Waals surface area contributed by atoms with Gasteiger partial charge >= 0.3 is 0 Å². The van der Waals surface area contributed by atoms with Crippen LogP contribution in [0.2, 0.25) is 0 Å². The maximum Gasteiger partial charge on any atom is 0.229 e. The number of nitrogens with zero attached hydrogens (tertiary/aromatic N) is 2. The number of hydrogen-bond acceptors (Lipinski definition) is 7. The fraction of sp³-hybridized carbons (Fsp3) is 0.412. The normalized spacial score (nSPS) is 16.8. The summed E-state index contributed by atoms with van der Waals surface area (Å²) in [6.07, 6.45) is 3.02. The van der Waals surface area contributed by atoms with Gasteiger partial charge in [0.15, 0.2) is 0 Å². The molecule has 128 valence electrons. The number of rotatable bonds is 7. The van der Waals surface area contributed by atoms with Crippen LogP contribution in [-0.4, -0.2) is 43.3 Å². The van der Waals surface area contributed by atoms with Crippen molar-refractivity contribution < 1.29 is 9.47 Å². The third-order valence-electron chi connectivity index (χ3n) is 3.94. The Balaban J connectivity index is 1.72. The van der Waals surface area contributed by atoms with Crippen LogP contribution < -0.4 is 20.7 Å². The maximum atomic E-state index is 5.96. The smallest absolute Gasteiger partial charge is 0.229 e. The monoisotopic (exact) mass is 329 g/mol. The van der Waals surface area contributed by atoms with Crippen molar-refractivity contribution in [3.63, 3.8) is 0 Å². The first-order chi connectivity index (χ1) is 11.8. The molecule has 0 radical (unpaired) electrons. The van der Waals surface area contributed by atoms with E-state index in [2.05, 4.69) is 25.9 Å². The average molecular weight is 329 g/mol. The van der Waals surface area contributed by atoms with E-state index in [9.17, 15) is 0 Å². The molecule has 2 heterocycles. The molecule has 1 aromatic carbocycles. The first kappa shape index (κ1) is 16.5. The van der Waals surface area contributed by atoms with Crippen molar-refractivity contribution in [3.05, 3.63) is 36.0 Å². The second-order valence-electron chi connectivity index (χ2n) is 5.59. The highest BCUT2D eigenvalue weighted by Gasteiger charge is 2.16. The Labute approximate surface area is 141 Å². The zero-order valence-corrected chi connectivity index (χ0v) is 14.0. The molecule has 0 bridgehead atoms. The highest BCUT2D eigenvalue weighted by molar-refractivity contribution is 5.58. The highest BCUT2D eigenvalue weighted by atomic mass is 16.5. The lowest BCUT2D eigenvalue weighted by Crippen LogP contribution is -2.16. The lowest BCUT2D eigenvalue weighted by Gasteiger charge is -2.15. The summed E-state index contributed by atoms with van der Waals surface area (Å²) in [5.41, 5.74) is 1.89. The summed E-state index contributed by atoms with van der Waals surface area (Å²) in [7, 11) is 3.50. The van der Waals surface area contributed by atoms with Crippen LogP contribution in [0.15, 0.2) is 30.5 Å². The topological polar surface area (TPSA) is 80.3 Å². The van der Waals surface area contributed by atoms with Crippen molar-refractivity contribution in [2.24, 2.45) is 0 Å². The van der Waals surface area contributed by atoms with Gasteiger partial charge in [-0.3, -0.25) is 0 Å². The van der Waals surface area contributed by atoms with Crippen molar-refractivity contribution in [3.8, 4) is 5.75 Å². The fourth-order valence-electron chi connectivity index (χ4n) is 2.63. The molecule has 1 aliphatic rings. The van der Waals surface area contributed by atoms with E-state index in [1.807, 2.05) is 31.3 Å². The summed E-state index contributed by atoms with van der Waals surface area (Å²) in [4.78, 5) is 8.59. The van der Waals surface area contributed by atoms with Gasteiger partial charge in [-0.2, -0.15) is 4.98 Å². The van der Waals surface area contributed by atoms with Crippen molar-refractivity contribution in [2.75, 3.05) is 37.9 Å². The molecule has 0 spiro atoms. The van der Waals surface area contributed by atoms with Gasteiger partial charge < -0.3 is 25.4 Å². The van der Waals surface area contributed by atoms with Gasteiger partial charge in [0.25, 0.3) is 0 Å². The van der Waals surface area contributed by atoms with Crippen LogP contribution in [0.1, 0.15) is 12.0 Å². The Morgan fingerprint density at radius 2 is 2.25 bits per heavy atom.